The molecular formula is C19H23F3N4O. The van der Waals surface area contributed by atoms with Crippen molar-refractivity contribution in [3.05, 3.63) is 47.2 Å². The third-order valence-electron chi connectivity index (χ3n) is 4.45. The van der Waals surface area contributed by atoms with Gasteiger partial charge in [0.1, 0.15) is 11.4 Å². The maximum Gasteiger partial charge on any atom is 0.410 e. The smallest absolute Gasteiger partial charge is 0.363 e. The normalized spacial score (nSPS) is 20.0. The van der Waals surface area contributed by atoms with Crippen LogP contribution in [-0.2, 0) is 0 Å². The summed E-state index contributed by atoms with van der Waals surface area (Å²) < 4.78 is 41.9. The van der Waals surface area contributed by atoms with E-state index < -0.39 is 29.7 Å². The minimum atomic E-state index is -4.47. The molecule has 0 spiro atoms. The highest BCUT2D eigenvalue weighted by atomic mass is 19.4. The van der Waals surface area contributed by atoms with Crippen molar-refractivity contribution in [1.82, 2.24) is 15.1 Å². The number of aryl methyl sites for hydroxylation is 1. The third kappa shape index (κ3) is 4.09. The third-order valence-corrected chi connectivity index (χ3v) is 4.45. The average Bonchev–Trinajstić information content (AvgIpc) is 2.96. The minimum absolute atomic E-state index is 0.0934. The predicted octanol–water partition coefficient (Wildman–Crippen LogP) is 4.38. The number of carbonyl (C=O) groups excluding carboxylic acids is 1. The molecule has 0 fully saturated rings. The first-order valence-corrected chi connectivity index (χ1v) is 8.75. The van der Waals surface area contributed by atoms with Crippen LogP contribution in [0.5, 0.6) is 0 Å². The SMILES string of the molecule is Cc1ccc([C@H]2C[C@@H](C(F)(F)F)n3ncc(C(=O)NC(C)(C)C)c3N2)cc1. The Hall–Kier alpha value is -2.51. The van der Waals surface area contributed by atoms with E-state index in [2.05, 4.69) is 15.7 Å². The number of benzene rings is 1. The zero-order valence-electron chi connectivity index (χ0n) is 15.7. The molecule has 2 N–H and O–H groups in total. The number of nitrogens with zero attached hydrogens (tertiary/aromatic N) is 2. The van der Waals surface area contributed by atoms with Crippen molar-refractivity contribution in [2.45, 2.75) is 57.9 Å². The Labute approximate surface area is 155 Å². The Kier molecular flexibility index (Phi) is 4.69. The first-order chi connectivity index (χ1) is 12.5. The van der Waals surface area contributed by atoms with Crippen LogP contribution in [0.3, 0.4) is 0 Å². The minimum Gasteiger partial charge on any atom is -0.363 e. The second kappa shape index (κ2) is 6.58. The van der Waals surface area contributed by atoms with E-state index in [0.29, 0.717) is 0 Å². The highest BCUT2D eigenvalue weighted by Gasteiger charge is 2.47. The van der Waals surface area contributed by atoms with E-state index in [0.717, 1.165) is 15.8 Å². The van der Waals surface area contributed by atoms with Gasteiger partial charge < -0.3 is 10.6 Å². The van der Waals surface area contributed by atoms with Gasteiger partial charge in [-0.3, -0.25) is 4.79 Å². The number of amides is 1. The second-order valence-corrected chi connectivity index (χ2v) is 7.96. The summed E-state index contributed by atoms with van der Waals surface area (Å²) in [5, 5.41) is 9.73. The van der Waals surface area contributed by atoms with Crippen molar-refractivity contribution in [3.8, 4) is 0 Å². The monoisotopic (exact) mass is 380 g/mol. The predicted molar refractivity (Wildman–Crippen MR) is 96.7 cm³/mol. The molecule has 1 aromatic heterocycles. The van der Waals surface area contributed by atoms with Crippen molar-refractivity contribution >= 4 is 11.7 Å². The van der Waals surface area contributed by atoms with Gasteiger partial charge in [0.05, 0.1) is 12.2 Å². The number of fused-ring (bicyclic) bond motifs is 1. The fourth-order valence-electron chi connectivity index (χ4n) is 3.15. The Morgan fingerprint density at radius 1 is 1.22 bits per heavy atom. The van der Waals surface area contributed by atoms with Gasteiger partial charge in [-0.05, 0) is 33.3 Å². The molecule has 0 unspecified atom stereocenters. The van der Waals surface area contributed by atoms with Crippen LogP contribution >= 0.6 is 0 Å². The van der Waals surface area contributed by atoms with E-state index in [9.17, 15) is 18.0 Å². The Bertz CT molecular complexity index is 834. The number of halogens is 3. The van der Waals surface area contributed by atoms with Crippen molar-refractivity contribution < 1.29 is 18.0 Å². The molecule has 1 aliphatic heterocycles. The van der Waals surface area contributed by atoms with Crippen molar-refractivity contribution in [3.63, 3.8) is 0 Å². The van der Waals surface area contributed by atoms with Gasteiger partial charge >= 0.3 is 6.18 Å². The summed E-state index contributed by atoms with van der Waals surface area (Å²) in [7, 11) is 0. The molecule has 2 atom stereocenters. The lowest BCUT2D eigenvalue weighted by molar-refractivity contribution is -0.173. The Morgan fingerprint density at radius 2 is 1.85 bits per heavy atom. The number of anilines is 1. The molecule has 0 saturated carbocycles. The fourth-order valence-corrected chi connectivity index (χ4v) is 3.15. The van der Waals surface area contributed by atoms with Crippen LogP contribution in [0.2, 0.25) is 0 Å². The second-order valence-electron chi connectivity index (χ2n) is 7.96. The Morgan fingerprint density at radius 3 is 2.41 bits per heavy atom. The molecule has 1 amide bonds. The molecule has 5 nitrogen and oxygen atoms in total. The maximum absolute atomic E-state index is 13.7. The van der Waals surface area contributed by atoms with Gasteiger partial charge in [-0.1, -0.05) is 29.8 Å². The van der Waals surface area contributed by atoms with Crippen molar-refractivity contribution in [2.24, 2.45) is 0 Å². The van der Waals surface area contributed by atoms with E-state index in [1.165, 1.54) is 6.20 Å². The average molecular weight is 380 g/mol. The molecule has 0 bridgehead atoms. The molecule has 146 valence electrons. The standard InChI is InChI=1S/C19H23F3N4O/c1-11-5-7-12(8-6-11)14-9-15(19(20,21)22)26-16(24-14)13(10-23-26)17(27)25-18(2,3)4/h5-8,10,14-15,24H,9H2,1-4H3,(H,25,27)/t14-,15+/m1/s1. The van der Waals surface area contributed by atoms with Gasteiger partial charge in [0, 0.05) is 12.0 Å². The van der Waals surface area contributed by atoms with E-state index in [1.54, 1.807) is 12.1 Å². The Balaban J connectivity index is 2.01. The van der Waals surface area contributed by atoms with Crippen LogP contribution in [-0.4, -0.2) is 27.4 Å². The summed E-state index contributed by atoms with van der Waals surface area (Å²) in [6.45, 7) is 7.34. The summed E-state index contributed by atoms with van der Waals surface area (Å²) >= 11 is 0. The highest BCUT2D eigenvalue weighted by Crippen LogP contribution is 2.44. The summed E-state index contributed by atoms with van der Waals surface area (Å²) in [4.78, 5) is 12.6. The zero-order valence-corrected chi connectivity index (χ0v) is 15.7. The number of alkyl halides is 3. The first kappa shape index (κ1) is 19.3. The van der Waals surface area contributed by atoms with Crippen LogP contribution < -0.4 is 10.6 Å². The van der Waals surface area contributed by atoms with Crippen LogP contribution in [0, 0.1) is 6.92 Å². The van der Waals surface area contributed by atoms with Gasteiger partial charge in [-0.25, -0.2) is 4.68 Å². The van der Waals surface area contributed by atoms with Crippen molar-refractivity contribution in [2.75, 3.05) is 5.32 Å². The van der Waals surface area contributed by atoms with Crippen LogP contribution in [0.1, 0.15) is 60.8 Å². The molecule has 27 heavy (non-hydrogen) atoms. The van der Waals surface area contributed by atoms with Crippen LogP contribution in [0.4, 0.5) is 19.0 Å². The molecule has 1 aliphatic rings. The number of nitrogens with one attached hydrogen (secondary N) is 2. The molecule has 1 aromatic carbocycles. The summed E-state index contributed by atoms with van der Waals surface area (Å²) in [6.07, 6.45) is -3.47. The zero-order chi connectivity index (χ0) is 20.0. The maximum atomic E-state index is 13.7. The molecule has 8 heteroatoms. The molecule has 0 aliphatic carbocycles. The lowest BCUT2D eigenvalue weighted by Gasteiger charge is -2.34. The molecule has 2 aromatic rings. The largest absolute Gasteiger partial charge is 0.410 e. The number of aromatic nitrogens is 2. The number of carbonyl (C=O) groups is 1. The van der Waals surface area contributed by atoms with Gasteiger partial charge in [-0.15, -0.1) is 0 Å². The number of hydrogen-bond acceptors (Lipinski definition) is 3. The topological polar surface area (TPSA) is 59.0 Å². The van der Waals surface area contributed by atoms with Crippen LogP contribution in [0.25, 0.3) is 0 Å². The molecule has 0 radical (unpaired) electrons. The van der Waals surface area contributed by atoms with Gasteiger partial charge in [0.25, 0.3) is 5.91 Å². The molecule has 2 heterocycles. The lowest BCUT2D eigenvalue weighted by atomic mass is 9.96. The van der Waals surface area contributed by atoms with Crippen LogP contribution in [0.15, 0.2) is 30.5 Å². The van der Waals surface area contributed by atoms with Gasteiger partial charge in [0.2, 0.25) is 0 Å². The highest BCUT2D eigenvalue weighted by molar-refractivity contribution is 5.99. The van der Waals surface area contributed by atoms with E-state index >= 15 is 0 Å². The van der Waals surface area contributed by atoms with Gasteiger partial charge in [0.15, 0.2) is 6.04 Å². The summed E-state index contributed by atoms with van der Waals surface area (Å²) in [5.74, 6) is -0.363. The molecule has 3 rings (SSSR count). The summed E-state index contributed by atoms with van der Waals surface area (Å²) in [5.41, 5.74) is 1.36. The summed E-state index contributed by atoms with van der Waals surface area (Å²) in [6, 6.07) is 4.97. The van der Waals surface area contributed by atoms with E-state index in [1.807, 2.05) is 39.8 Å². The quantitative estimate of drug-likeness (QED) is 0.813. The fraction of sp³-hybridized carbons (Fsp3) is 0.474. The van der Waals surface area contributed by atoms with Crippen molar-refractivity contribution in [1.29, 1.82) is 0 Å². The first-order valence-electron chi connectivity index (χ1n) is 8.75. The van der Waals surface area contributed by atoms with E-state index in [4.69, 9.17) is 0 Å². The number of rotatable bonds is 2. The molecule has 0 saturated heterocycles. The lowest BCUT2D eigenvalue weighted by Crippen LogP contribution is -2.41. The number of hydrogen-bond donors (Lipinski definition) is 2. The van der Waals surface area contributed by atoms with E-state index in [-0.39, 0.29) is 17.8 Å². The molecular weight excluding hydrogens is 357 g/mol. The van der Waals surface area contributed by atoms with Gasteiger partial charge in [-0.2, -0.15) is 18.3 Å².